The van der Waals surface area contributed by atoms with E-state index < -0.39 is 23.7 Å². The number of rotatable bonds is 7. The highest BCUT2D eigenvalue weighted by atomic mass is 19.1. The number of hydrogen-bond acceptors (Lipinski definition) is 5. The molecule has 4 N–H and O–H groups in total. The Labute approximate surface area is 195 Å². The van der Waals surface area contributed by atoms with E-state index in [2.05, 4.69) is 17.6 Å². The Morgan fingerprint density at radius 2 is 1.85 bits per heavy atom. The van der Waals surface area contributed by atoms with E-state index in [4.69, 9.17) is 4.74 Å². The molecule has 3 rings (SSSR count). The van der Waals surface area contributed by atoms with Crippen molar-refractivity contribution in [3.05, 3.63) is 35.6 Å². The first-order valence-corrected chi connectivity index (χ1v) is 11.9. The van der Waals surface area contributed by atoms with Crippen LogP contribution in [0, 0.1) is 28.5 Å². The van der Waals surface area contributed by atoms with Crippen molar-refractivity contribution in [1.29, 1.82) is 0 Å². The monoisotopic (exact) mass is 464 g/mol. The molecule has 2 aliphatic rings. The van der Waals surface area contributed by atoms with Crippen molar-refractivity contribution < 1.29 is 28.9 Å². The second-order valence-corrected chi connectivity index (χ2v) is 10.0. The number of fused-ring (bicyclic) bond motifs is 1. The summed E-state index contributed by atoms with van der Waals surface area (Å²) in [4.78, 5) is 24.9. The van der Waals surface area contributed by atoms with E-state index >= 15 is 0 Å². The van der Waals surface area contributed by atoms with Crippen LogP contribution >= 0.6 is 0 Å². The first-order chi connectivity index (χ1) is 15.6. The predicted octanol–water partition coefficient (Wildman–Crippen LogP) is 3.13. The average Bonchev–Trinajstić information content (AvgIpc) is 2.78. The van der Waals surface area contributed by atoms with Gasteiger partial charge in [-0.1, -0.05) is 26.0 Å². The zero-order valence-corrected chi connectivity index (χ0v) is 19.8. The van der Waals surface area contributed by atoms with Gasteiger partial charge >= 0.3 is 6.09 Å². The summed E-state index contributed by atoms with van der Waals surface area (Å²) in [5.41, 5.74) is -0.251. The van der Waals surface area contributed by atoms with Gasteiger partial charge in [-0.3, -0.25) is 4.79 Å². The summed E-state index contributed by atoms with van der Waals surface area (Å²) in [6.45, 7) is 6.47. The lowest BCUT2D eigenvalue weighted by molar-refractivity contribution is -0.185. The third-order valence-electron chi connectivity index (χ3n) is 8.05. The van der Waals surface area contributed by atoms with Gasteiger partial charge in [0, 0.05) is 24.9 Å². The molecule has 0 radical (unpaired) electrons. The molecule has 6 atom stereocenters. The number of carbonyl (C=O) groups is 2. The van der Waals surface area contributed by atoms with Crippen molar-refractivity contribution >= 4 is 12.0 Å². The number of nitrogens with one attached hydrogen (secondary N) is 2. The summed E-state index contributed by atoms with van der Waals surface area (Å²) < 4.78 is 18.8. The smallest absolute Gasteiger partial charge is 0.407 e. The summed E-state index contributed by atoms with van der Waals surface area (Å²) in [5, 5.41) is 26.8. The van der Waals surface area contributed by atoms with Crippen LogP contribution < -0.4 is 10.6 Å². The van der Waals surface area contributed by atoms with Crippen LogP contribution in [0.15, 0.2) is 24.3 Å². The van der Waals surface area contributed by atoms with Gasteiger partial charge in [-0.15, -0.1) is 0 Å². The van der Waals surface area contributed by atoms with Gasteiger partial charge in [0.05, 0.1) is 12.7 Å². The van der Waals surface area contributed by atoms with Gasteiger partial charge in [-0.05, 0) is 67.6 Å². The minimum Gasteiger partial charge on any atom is -0.446 e. The van der Waals surface area contributed by atoms with Gasteiger partial charge in [0.1, 0.15) is 11.9 Å². The van der Waals surface area contributed by atoms with Crippen molar-refractivity contribution in [1.82, 2.24) is 10.6 Å². The summed E-state index contributed by atoms with van der Waals surface area (Å²) in [6.07, 6.45) is 1.09. The molecule has 0 unspecified atom stereocenters. The number of amides is 2. The minimum atomic E-state index is -0.666. The Bertz CT molecular complexity index is 835. The minimum absolute atomic E-state index is 0.0125. The molecule has 2 saturated carbocycles. The van der Waals surface area contributed by atoms with E-state index in [0.29, 0.717) is 38.8 Å². The van der Waals surface area contributed by atoms with Crippen LogP contribution in [0.5, 0.6) is 0 Å². The number of ether oxygens (including phenoxy) is 1. The molecule has 33 heavy (non-hydrogen) atoms. The third kappa shape index (κ3) is 5.32. The van der Waals surface area contributed by atoms with E-state index in [0.717, 1.165) is 5.56 Å². The van der Waals surface area contributed by atoms with Crippen LogP contribution in [-0.4, -0.2) is 47.6 Å². The molecule has 8 heteroatoms. The fourth-order valence-corrected chi connectivity index (χ4v) is 6.17. The number of hydrogen-bond donors (Lipinski definition) is 4. The number of carbonyl (C=O) groups excluding carboxylic acids is 2. The highest BCUT2D eigenvalue weighted by molar-refractivity contribution is 5.76. The van der Waals surface area contributed by atoms with Crippen molar-refractivity contribution in [3.8, 4) is 0 Å². The number of alkyl carbamates (subject to hydrolysis) is 1. The number of aliphatic hydroxyl groups excluding tert-OH is 2. The largest absolute Gasteiger partial charge is 0.446 e. The molecule has 1 aromatic carbocycles. The van der Waals surface area contributed by atoms with E-state index in [1.165, 1.54) is 12.1 Å². The first-order valence-electron chi connectivity index (χ1n) is 11.9. The van der Waals surface area contributed by atoms with Gasteiger partial charge in [0.2, 0.25) is 5.91 Å². The molecule has 7 nitrogen and oxygen atoms in total. The standard InChI is InChI=1S/C25H37FN2O5/c1-4-27-23(32)33-21-11-12-24(2)18(19(30)9-10-20(24)25(21,3)15-29)13-22(31)28-14-16-5-7-17(26)8-6-16/h5-8,18-21,29-30H,4,9-15H2,1-3H3,(H,27,32)(H,28,31)/t18-,19-,20+,21+,24-,25+/m1/s1. The predicted molar refractivity (Wildman–Crippen MR) is 122 cm³/mol. The second-order valence-electron chi connectivity index (χ2n) is 10.0. The maximum absolute atomic E-state index is 13.1. The van der Waals surface area contributed by atoms with Crippen LogP contribution in [0.25, 0.3) is 0 Å². The lowest BCUT2D eigenvalue weighted by Crippen LogP contribution is -2.61. The quantitative estimate of drug-likeness (QED) is 0.496. The summed E-state index contributed by atoms with van der Waals surface area (Å²) in [5.74, 6) is -0.785. The Kier molecular flexibility index (Phi) is 8.00. The van der Waals surface area contributed by atoms with E-state index in [9.17, 15) is 24.2 Å². The summed E-state index contributed by atoms with van der Waals surface area (Å²) >= 11 is 0. The average molecular weight is 465 g/mol. The Morgan fingerprint density at radius 1 is 1.15 bits per heavy atom. The van der Waals surface area contributed by atoms with Crippen molar-refractivity contribution in [2.24, 2.45) is 22.7 Å². The Balaban J connectivity index is 1.72. The first kappa shape index (κ1) is 25.4. The van der Waals surface area contributed by atoms with Crippen LogP contribution in [-0.2, 0) is 16.1 Å². The maximum atomic E-state index is 13.1. The molecule has 0 saturated heterocycles. The molecule has 1 aromatic rings. The van der Waals surface area contributed by atoms with Gasteiger partial charge < -0.3 is 25.6 Å². The molecule has 0 aliphatic heterocycles. The summed E-state index contributed by atoms with van der Waals surface area (Å²) in [7, 11) is 0. The molecular formula is C25H37FN2O5. The number of aliphatic hydroxyl groups is 2. The molecule has 0 heterocycles. The van der Waals surface area contributed by atoms with Crippen LogP contribution in [0.2, 0.25) is 0 Å². The lowest BCUT2D eigenvalue weighted by atomic mass is 9.46. The fourth-order valence-electron chi connectivity index (χ4n) is 6.17. The van der Waals surface area contributed by atoms with Gasteiger partial charge in [-0.25, -0.2) is 9.18 Å². The van der Waals surface area contributed by atoms with Crippen molar-refractivity contribution in [2.75, 3.05) is 13.2 Å². The molecule has 0 aromatic heterocycles. The molecular weight excluding hydrogens is 427 g/mol. The molecule has 2 amide bonds. The second kappa shape index (κ2) is 10.4. The Hall–Kier alpha value is -2.19. The highest BCUT2D eigenvalue weighted by Gasteiger charge is 2.60. The SMILES string of the molecule is CCNC(=O)O[C@H]1CC[C@@]2(C)[C@H](CC[C@@H](O)[C@H]2CC(=O)NCc2ccc(F)cc2)[C@]1(C)CO. The van der Waals surface area contributed by atoms with Crippen LogP contribution in [0.4, 0.5) is 9.18 Å². The van der Waals surface area contributed by atoms with Gasteiger partial charge in [-0.2, -0.15) is 0 Å². The zero-order valence-electron chi connectivity index (χ0n) is 19.8. The zero-order chi connectivity index (χ0) is 24.2. The van der Waals surface area contributed by atoms with Gasteiger partial charge in [0.15, 0.2) is 0 Å². The molecule has 0 bridgehead atoms. The maximum Gasteiger partial charge on any atom is 0.407 e. The molecule has 2 fully saturated rings. The van der Waals surface area contributed by atoms with E-state index in [1.807, 2.05) is 13.8 Å². The van der Waals surface area contributed by atoms with Crippen LogP contribution in [0.1, 0.15) is 58.4 Å². The number of benzene rings is 1. The third-order valence-corrected chi connectivity index (χ3v) is 8.05. The number of halogens is 1. The normalized spacial score (nSPS) is 33.6. The highest BCUT2D eigenvalue weighted by Crippen LogP contribution is 2.61. The van der Waals surface area contributed by atoms with Crippen molar-refractivity contribution in [2.45, 2.75) is 71.6 Å². The van der Waals surface area contributed by atoms with Crippen LogP contribution in [0.3, 0.4) is 0 Å². The summed E-state index contributed by atoms with van der Waals surface area (Å²) in [6, 6.07) is 5.97. The Morgan fingerprint density at radius 3 is 2.48 bits per heavy atom. The molecule has 184 valence electrons. The molecule has 0 spiro atoms. The van der Waals surface area contributed by atoms with Gasteiger partial charge in [0.25, 0.3) is 0 Å². The molecule has 2 aliphatic carbocycles. The fraction of sp³-hybridized carbons (Fsp3) is 0.680. The lowest BCUT2D eigenvalue weighted by Gasteiger charge is -2.60. The van der Waals surface area contributed by atoms with E-state index in [1.54, 1.807) is 12.1 Å². The van der Waals surface area contributed by atoms with E-state index in [-0.39, 0.29) is 42.0 Å². The van der Waals surface area contributed by atoms with Crippen molar-refractivity contribution in [3.63, 3.8) is 0 Å². The topological polar surface area (TPSA) is 108 Å².